The van der Waals surface area contributed by atoms with E-state index in [2.05, 4.69) is 10.3 Å². The SMILES string of the molecule is CCOC(C)CNC(=O)c1sc2nccc(C)c2c1N. The third-order valence-corrected chi connectivity index (χ3v) is 4.16. The number of pyridine rings is 1. The number of hydrogen-bond acceptors (Lipinski definition) is 5. The second kappa shape index (κ2) is 6.19. The maximum atomic E-state index is 12.2. The highest BCUT2D eigenvalue weighted by Gasteiger charge is 2.18. The van der Waals surface area contributed by atoms with Crippen LogP contribution in [0.3, 0.4) is 0 Å². The number of anilines is 1. The molecule has 1 atom stereocenters. The Labute approximate surface area is 122 Å². The molecule has 0 aliphatic rings. The largest absolute Gasteiger partial charge is 0.397 e. The first kappa shape index (κ1) is 14.7. The third-order valence-electron chi connectivity index (χ3n) is 3.04. The van der Waals surface area contributed by atoms with Crippen molar-refractivity contribution in [3.8, 4) is 0 Å². The summed E-state index contributed by atoms with van der Waals surface area (Å²) in [7, 11) is 0. The first-order valence-electron chi connectivity index (χ1n) is 6.58. The number of aromatic nitrogens is 1. The van der Waals surface area contributed by atoms with Gasteiger partial charge >= 0.3 is 0 Å². The van der Waals surface area contributed by atoms with Crippen LogP contribution in [-0.4, -0.2) is 30.1 Å². The van der Waals surface area contributed by atoms with Crippen molar-refractivity contribution in [1.29, 1.82) is 0 Å². The fraction of sp³-hybridized carbons (Fsp3) is 0.429. The lowest BCUT2D eigenvalue weighted by Gasteiger charge is -2.12. The summed E-state index contributed by atoms with van der Waals surface area (Å²) in [5.74, 6) is -0.170. The molecule has 108 valence electrons. The number of nitrogen functional groups attached to an aromatic ring is 1. The highest BCUT2D eigenvalue weighted by atomic mass is 32.1. The van der Waals surface area contributed by atoms with E-state index in [9.17, 15) is 4.79 Å². The monoisotopic (exact) mass is 293 g/mol. The summed E-state index contributed by atoms with van der Waals surface area (Å²) in [5.41, 5.74) is 7.63. The number of aryl methyl sites for hydroxylation is 1. The fourth-order valence-corrected chi connectivity index (χ4v) is 3.09. The molecule has 2 rings (SSSR count). The second-order valence-corrected chi connectivity index (χ2v) is 5.63. The van der Waals surface area contributed by atoms with Gasteiger partial charge in [-0.25, -0.2) is 4.98 Å². The number of nitrogens with two attached hydrogens (primary N) is 1. The van der Waals surface area contributed by atoms with Crippen LogP contribution in [0.15, 0.2) is 12.3 Å². The van der Waals surface area contributed by atoms with Crippen LogP contribution in [0.5, 0.6) is 0 Å². The molecule has 0 aromatic carbocycles. The molecule has 5 nitrogen and oxygen atoms in total. The van der Waals surface area contributed by atoms with E-state index in [1.807, 2.05) is 26.8 Å². The van der Waals surface area contributed by atoms with E-state index >= 15 is 0 Å². The zero-order chi connectivity index (χ0) is 14.7. The van der Waals surface area contributed by atoms with Gasteiger partial charge in [0, 0.05) is 24.7 Å². The van der Waals surface area contributed by atoms with Crippen LogP contribution in [0.1, 0.15) is 29.1 Å². The number of fused-ring (bicyclic) bond motifs is 1. The lowest BCUT2D eigenvalue weighted by molar-refractivity contribution is 0.0697. The Balaban J connectivity index is 2.19. The molecule has 0 saturated heterocycles. The first-order chi connectivity index (χ1) is 9.54. The smallest absolute Gasteiger partial charge is 0.263 e. The minimum atomic E-state index is -0.170. The van der Waals surface area contributed by atoms with Gasteiger partial charge in [-0.1, -0.05) is 0 Å². The highest BCUT2D eigenvalue weighted by molar-refractivity contribution is 7.21. The van der Waals surface area contributed by atoms with Gasteiger partial charge in [-0.05, 0) is 32.4 Å². The molecular formula is C14H19N3O2S. The van der Waals surface area contributed by atoms with Gasteiger partial charge in [-0.3, -0.25) is 4.79 Å². The summed E-state index contributed by atoms with van der Waals surface area (Å²) in [6.45, 7) is 6.91. The summed E-state index contributed by atoms with van der Waals surface area (Å²) < 4.78 is 5.38. The molecular weight excluding hydrogens is 274 g/mol. The van der Waals surface area contributed by atoms with Crippen molar-refractivity contribution in [3.63, 3.8) is 0 Å². The van der Waals surface area contributed by atoms with Crippen LogP contribution in [-0.2, 0) is 4.74 Å². The third kappa shape index (κ3) is 2.91. The topological polar surface area (TPSA) is 77.2 Å². The molecule has 0 aliphatic carbocycles. The number of nitrogens with zero attached hydrogens (tertiary/aromatic N) is 1. The van der Waals surface area contributed by atoms with Gasteiger partial charge in [-0.15, -0.1) is 11.3 Å². The second-order valence-electron chi connectivity index (χ2n) is 4.63. The van der Waals surface area contributed by atoms with E-state index in [1.54, 1.807) is 6.20 Å². The Morgan fingerprint density at radius 1 is 1.60 bits per heavy atom. The van der Waals surface area contributed by atoms with Gasteiger partial charge in [0.15, 0.2) is 0 Å². The predicted molar refractivity (Wildman–Crippen MR) is 82.2 cm³/mol. The number of hydrogen-bond donors (Lipinski definition) is 2. The first-order valence-corrected chi connectivity index (χ1v) is 7.39. The van der Waals surface area contributed by atoms with E-state index in [1.165, 1.54) is 11.3 Å². The zero-order valence-corrected chi connectivity index (χ0v) is 12.7. The quantitative estimate of drug-likeness (QED) is 0.887. The van der Waals surface area contributed by atoms with E-state index in [-0.39, 0.29) is 12.0 Å². The number of nitrogens with one attached hydrogen (secondary N) is 1. The van der Waals surface area contributed by atoms with Crippen LogP contribution < -0.4 is 11.1 Å². The fourth-order valence-electron chi connectivity index (χ4n) is 2.03. The molecule has 0 aliphatic heterocycles. The predicted octanol–water partition coefficient (Wildman–Crippen LogP) is 2.34. The zero-order valence-electron chi connectivity index (χ0n) is 11.9. The average Bonchev–Trinajstić information content (AvgIpc) is 2.75. The van der Waals surface area contributed by atoms with Crippen molar-refractivity contribution in [2.75, 3.05) is 18.9 Å². The molecule has 0 bridgehead atoms. The Hall–Kier alpha value is -1.66. The standard InChI is InChI=1S/C14H19N3O2S/c1-4-19-9(3)7-17-13(18)12-11(15)10-8(2)5-6-16-14(10)20-12/h5-6,9H,4,7,15H2,1-3H3,(H,17,18). The van der Waals surface area contributed by atoms with Crippen LogP contribution in [0.2, 0.25) is 0 Å². The highest BCUT2D eigenvalue weighted by Crippen LogP contribution is 2.34. The minimum absolute atomic E-state index is 0.0144. The molecule has 2 heterocycles. The van der Waals surface area contributed by atoms with Crippen LogP contribution in [0, 0.1) is 6.92 Å². The number of carbonyl (C=O) groups excluding carboxylic acids is 1. The number of rotatable bonds is 5. The normalized spacial score (nSPS) is 12.6. The van der Waals surface area contributed by atoms with Crippen molar-refractivity contribution in [3.05, 3.63) is 22.7 Å². The van der Waals surface area contributed by atoms with Gasteiger partial charge in [0.2, 0.25) is 0 Å². The van der Waals surface area contributed by atoms with Gasteiger partial charge in [0.1, 0.15) is 9.71 Å². The molecule has 0 spiro atoms. The van der Waals surface area contributed by atoms with E-state index in [0.717, 1.165) is 15.8 Å². The maximum absolute atomic E-state index is 12.2. The van der Waals surface area contributed by atoms with Gasteiger partial charge in [0.05, 0.1) is 11.8 Å². The Morgan fingerprint density at radius 2 is 2.35 bits per heavy atom. The van der Waals surface area contributed by atoms with Crippen molar-refractivity contribution in [2.45, 2.75) is 26.9 Å². The van der Waals surface area contributed by atoms with Crippen LogP contribution in [0.4, 0.5) is 5.69 Å². The van der Waals surface area contributed by atoms with E-state index in [4.69, 9.17) is 10.5 Å². The molecule has 3 N–H and O–H groups in total. The summed E-state index contributed by atoms with van der Waals surface area (Å²) in [5, 5.41) is 3.72. The molecule has 0 saturated carbocycles. The van der Waals surface area contributed by atoms with Crippen molar-refractivity contribution >= 4 is 33.1 Å². The molecule has 0 radical (unpaired) electrons. The van der Waals surface area contributed by atoms with E-state index < -0.39 is 0 Å². The Kier molecular flexibility index (Phi) is 4.57. The molecule has 1 amide bonds. The van der Waals surface area contributed by atoms with Gasteiger partial charge in [-0.2, -0.15) is 0 Å². The van der Waals surface area contributed by atoms with Gasteiger partial charge in [0.25, 0.3) is 5.91 Å². The summed E-state index contributed by atoms with van der Waals surface area (Å²) in [6, 6.07) is 1.89. The number of amides is 1. The van der Waals surface area contributed by atoms with Crippen LogP contribution in [0.25, 0.3) is 10.2 Å². The lowest BCUT2D eigenvalue weighted by atomic mass is 10.2. The minimum Gasteiger partial charge on any atom is -0.397 e. The van der Waals surface area contributed by atoms with Gasteiger partial charge < -0.3 is 15.8 Å². The summed E-state index contributed by atoms with van der Waals surface area (Å²) >= 11 is 1.32. The molecule has 0 fully saturated rings. The van der Waals surface area contributed by atoms with E-state index in [0.29, 0.717) is 23.7 Å². The van der Waals surface area contributed by atoms with Crippen molar-refractivity contribution in [2.24, 2.45) is 0 Å². The molecule has 1 unspecified atom stereocenters. The molecule has 20 heavy (non-hydrogen) atoms. The lowest BCUT2D eigenvalue weighted by Crippen LogP contribution is -2.32. The Morgan fingerprint density at radius 3 is 3.00 bits per heavy atom. The summed E-state index contributed by atoms with van der Waals surface area (Å²) in [4.78, 5) is 17.8. The number of ether oxygens (including phenoxy) is 1. The Bertz CT molecular complexity index is 624. The number of thiophene rings is 1. The van der Waals surface area contributed by atoms with Crippen molar-refractivity contribution < 1.29 is 9.53 Å². The van der Waals surface area contributed by atoms with Crippen molar-refractivity contribution in [1.82, 2.24) is 10.3 Å². The summed E-state index contributed by atoms with van der Waals surface area (Å²) in [6.07, 6.45) is 1.71. The molecule has 6 heteroatoms. The van der Waals surface area contributed by atoms with Crippen LogP contribution >= 0.6 is 11.3 Å². The molecule has 2 aromatic rings. The maximum Gasteiger partial charge on any atom is 0.263 e. The molecule has 2 aromatic heterocycles. The number of carbonyl (C=O) groups is 1. The average molecular weight is 293 g/mol.